The van der Waals surface area contributed by atoms with Gasteiger partial charge in [-0.3, -0.25) is 4.79 Å². The average Bonchev–Trinajstić information content (AvgIpc) is 3.53. The first-order chi connectivity index (χ1) is 17.0. The molecule has 0 spiro atoms. The predicted molar refractivity (Wildman–Crippen MR) is 128 cm³/mol. The van der Waals surface area contributed by atoms with Crippen molar-refractivity contribution in [3.63, 3.8) is 0 Å². The van der Waals surface area contributed by atoms with Gasteiger partial charge in [0.05, 0.1) is 37.2 Å². The Morgan fingerprint density at radius 1 is 1.14 bits per heavy atom. The van der Waals surface area contributed by atoms with Crippen molar-refractivity contribution in [3.05, 3.63) is 42.1 Å². The number of halogens is 2. The number of hydrogen-bond donors (Lipinski definition) is 1. The molecule has 186 valence electrons. The molecule has 2 saturated carbocycles. The topological polar surface area (TPSA) is 66.9 Å². The van der Waals surface area contributed by atoms with Gasteiger partial charge >= 0.3 is 0 Å². The second-order valence-corrected chi connectivity index (χ2v) is 9.92. The zero-order valence-corrected chi connectivity index (χ0v) is 19.6. The van der Waals surface area contributed by atoms with Gasteiger partial charge in [0.1, 0.15) is 11.9 Å². The molecule has 4 aliphatic rings. The number of benzene rings is 1. The van der Waals surface area contributed by atoms with Crippen molar-refractivity contribution in [1.82, 2.24) is 4.98 Å². The van der Waals surface area contributed by atoms with Gasteiger partial charge in [-0.2, -0.15) is 0 Å². The normalized spacial score (nSPS) is 27.3. The Kier molecular flexibility index (Phi) is 5.84. The van der Waals surface area contributed by atoms with Gasteiger partial charge in [-0.15, -0.1) is 0 Å². The highest BCUT2D eigenvalue weighted by atomic mass is 19.3. The number of rotatable bonds is 4. The highest BCUT2D eigenvalue weighted by Crippen LogP contribution is 2.46. The zero-order chi connectivity index (χ0) is 24.0. The summed E-state index contributed by atoms with van der Waals surface area (Å²) in [5.41, 5.74) is 3.71. The summed E-state index contributed by atoms with van der Waals surface area (Å²) in [5, 5.41) is 3.42. The van der Waals surface area contributed by atoms with Crippen LogP contribution in [-0.4, -0.2) is 55.3 Å². The first-order valence-electron chi connectivity index (χ1n) is 12.5. The van der Waals surface area contributed by atoms with Crippen LogP contribution < -0.4 is 15.1 Å². The molecule has 1 aromatic heterocycles. The average molecular weight is 485 g/mol. The molecule has 35 heavy (non-hydrogen) atoms. The van der Waals surface area contributed by atoms with Crippen LogP contribution in [0.5, 0.6) is 0 Å². The minimum Gasteiger partial charge on any atom is -0.378 e. The number of aromatic nitrogens is 1. The maximum absolute atomic E-state index is 13.9. The maximum Gasteiger partial charge on any atom is 0.276 e. The van der Waals surface area contributed by atoms with E-state index in [1.54, 1.807) is 6.20 Å². The van der Waals surface area contributed by atoms with E-state index in [1.807, 2.05) is 23.1 Å². The Balaban J connectivity index is 1.24. The summed E-state index contributed by atoms with van der Waals surface area (Å²) >= 11 is 0. The van der Waals surface area contributed by atoms with Crippen LogP contribution in [0.4, 0.5) is 31.7 Å². The van der Waals surface area contributed by atoms with Gasteiger partial charge in [-0.25, -0.2) is 13.8 Å². The quantitative estimate of drug-likeness (QED) is 0.690. The maximum atomic E-state index is 13.9. The molecule has 2 aromatic rings. The number of nitrogens with zero attached hydrogens (tertiary/aromatic N) is 3. The van der Waals surface area contributed by atoms with Crippen LogP contribution in [-0.2, 0) is 20.8 Å². The SMILES string of the molecule is O=C([C@H]1CC[C@@H](O[C@@H]2CC2(F)F)CC1)N1Cc2cccnc2Nc2ccc(N3CCOCC3)cc21. The fourth-order valence-electron chi connectivity index (χ4n) is 5.36. The lowest BCUT2D eigenvalue weighted by atomic mass is 9.86. The van der Waals surface area contributed by atoms with Crippen LogP contribution in [0.1, 0.15) is 37.7 Å². The number of carbonyl (C=O) groups excluding carboxylic acids is 1. The van der Waals surface area contributed by atoms with Crippen LogP contribution in [0.25, 0.3) is 0 Å². The molecule has 1 atom stereocenters. The Morgan fingerprint density at radius 2 is 1.91 bits per heavy atom. The lowest BCUT2D eigenvalue weighted by molar-refractivity contribution is -0.125. The Hall–Kier alpha value is -2.78. The molecule has 7 nitrogen and oxygen atoms in total. The highest BCUT2D eigenvalue weighted by molar-refractivity contribution is 6.00. The molecule has 6 rings (SSSR count). The molecule has 3 heterocycles. The molecule has 1 saturated heterocycles. The molecule has 3 fully saturated rings. The number of hydrogen-bond acceptors (Lipinski definition) is 6. The number of anilines is 4. The first kappa shape index (κ1) is 22.7. The van der Waals surface area contributed by atoms with Crippen molar-refractivity contribution in [1.29, 1.82) is 0 Å². The van der Waals surface area contributed by atoms with Gasteiger partial charge < -0.3 is 24.6 Å². The number of ether oxygens (including phenoxy) is 2. The predicted octanol–water partition coefficient (Wildman–Crippen LogP) is 4.49. The van der Waals surface area contributed by atoms with E-state index in [-0.39, 0.29) is 24.3 Å². The van der Waals surface area contributed by atoms with E-state index in [4.69, 9.17) is 9.47 Å². The van der Waals surface area contributed by atoms with Crippen molar-refractivity contribution in [2.45, 2.75) is 56.8 Å². The Morgan fingerprint density at radius 3 is 2.66 bits per heavy atom. The monoisotopic (exact) mass is 484 g/mol. The molecule has 9 heteroatoms. The third-order valence-corrected chi connectivity index (χ3v) is 7.54. The molecule has 0 unspecified atom stereocenters. The summed E-state index contributed by atoms with van der Waals surface area (Å²) in [7, 11) is 0. The molecule has 1 aromatic carbocycles. The molecule has 0 radical (unpaired) electrons. The molecule has 1 N–H and O–H groups in total. The number of amides is 1. The highest BCUT2D eigenvalue weighted by Gasteiger charge is 2.59. The van der Waals surface area contributed by atoms with Crippen molar-refractivity contribution >= 4 is 28.8 Å². The fraction of sp³-hybridized carbons (Fsp3) is 0.538. The summed E-state index contributed by atoms with van der Waals surface area (Å²) < 4.78 is 37.6. The van der Waals surface area contributed by atoms with Gasteiger partial charge in [0.2, 0.25) is 5.91 Å². The van der Waals surface area contributed by atoms with Gasteiger partial charge in [0, 0.05) is 42.9 Å². The van der Waals surface area contributed by atoms with Crippen LogP contribution in [0, 0.1) is 5.92 Å². The molecule has 2 aliphatic heterocycles. The number of morpholine rings is 1. The second-order valence-electron chi connectivity index (χ2n) is 9.92. The summed E-state index contributed by atoms with van der Waals surface area (Å²) in [5.74, 6) is -2.01. The van der Waals surface area contributed by atoms with E-state index < -0.39 is 12.0 Å². The van der Waals surface area contributed by atoms with E-state index in [0.717, 1.165) is 41.5 Å². The van der Waals surface area contributed by atoms with Crippen LogP contribution in [0.3, 0.4) is 0 Å². The molecule has 1 amide bonds. The number of pyridine rings is 1. The molecule has 0 bridgehead atoms. The van der Waals surface area contributed by atoms with Gasteiger partial charge in [-0.05, 0) is 49.9 Å². The first-order valence-corrected chi connectivity index (χ1v) is 12.5. The second kappa shape index (κ2) is 9.02. The van der Waals surface area contributed by atoms with Crippen molar-refractivity contribution < 1.29 is 23.0 Å². The van der Waals surface area contributed by atoms with E-state index in [0.29, 0.717) is 45.4 Å². The Labute approximate surface area is 203 Å². The van der Waals surface area contributed by atoms with Crippen LogP contribution in [0.2, 0.25) is 0 Å². The number of fused-ring (bicyclic) bond motifs is 2. The van der Waals surface area contributed by atoms with E-state index in [2.05, 4.69) is 27.3 Å². The standard InChI is InChI=1S/C26H30F2N4O3/c27-26(28)15-23(26)35-20-6-3-17(4-7-20)25(33)32-16-18-2-1-9-29-24(18)30-21-8-5-19(14-22(21)32)31-10-12-34-13-11-31/h1-2,5,8-9,14,17,20,23H,3-4,6-7,10-13,15-16H2,(H,29,30)/t17-,20+,23-/m1/s1. The number of alkyl halides is 2. The smallest absolute Gasteiger partial charge is 0.276 e. The fourth-order valence-corrected chi connectivity index (χ4v) is 5.36. The molecular formula is C26H30F2N4O3. The van der Waals surface area contributed by atoms with Gasteiger partial charge in [-0.1, -0.05) is 6.07 Å². The minimum atomic E-state index is -2.67. The summed E-state index contributed by atoms with van der Waals surface area (Å²) in [6.45, 7) is 3.42. The largest absolute Gasteiger partial charge is 0.378 e. The van der Waals surface area contributed by atoms with Crippen LogP contribution >= 0.6 is 0 Å². The summed E-state index contributed by atoms with van der Waals surface area (Å²) in [6.07, 6.45) is 2.99. The summed E-state index contributed by atoms with van der Waals surface area (Å²) in [6, 6.07) is 10.1. The Bertz CT molecular complexity index is 1100. The molecular weight excluding hydrogens is 454 g/mol. The third kappa shape index (κ3) is 4.59. The van der Waals surface area contributed by atoms with Crippen molar-refractivity contribution in [2.24, 2.45) is 5.92 Å². The van der Waals surface area contributed by atoms with Gasteiger partial charge in [0.25, 0.3) is 5.92 Å². The van der Waals surface area contributed by atoms with E-state index in [1.165, 1.54) is 0 Å². The summed E-state index contributed by atoms with van der Waals surface area (Å²) in [4.78, 5) is 22.5. The lowest BCUT2D eigenvalue weighted by Gasteiger charge is -2.33. The number of carbonyl (C=O) groups is 1. The van der Waals surface area contributed by atoms with Crippen molar-refractivity contribution in [2.75, 3.05) is 41.4 Å². The van der Waals surface area contributed by atoms with E-state index in [9.17, 15) is 13.6 Å². The molecule has 2 aliphatic carbocycles. The minimum absolute atomic E-state index is 0.0686. The van der Waals surface area contributed by atoms with Crippen LogP contribution in [0.15, 0.2) is 36.5 Å². The number of nitrogens with one attached hydrogen (secondary N) is 1. The lowest BCUT2D eigenvalue weighted by Crippen LogP contribution is -2.39. The van der Waals surface area contributed by atoms with Crippen molar-refractivity contribution in [3.8, 4) is 0 Å². The van der Waals surface area contributed by atoms with Gasteiger partial charge in [0.15, 0.2) is 0 Å². The van der Waals surface area contributed by atoms with E-state index >= 15 is 0 Å². The third-order valence-electron chi connectivity index (χ3n) is 7.54. The zero-order valence-electron chi connectivity index (χ0n) is 19.6.